The zero-order valence-electron chi connectivity index (χ0n) is 20.7. The van der Waals surface area contributed by atoms with Crippen LogP contribution in [0.2, 0.25) is 0 Å². The molecule has 0 aliphatic carbocycles. The van der Waals surface area contributed by atoms with E-state index in [2.05, 4.69) is 19.1 Å². The van der Waals surface area contributed by atoms with E-state index in [4.69, 9.17) is 14.7 Å². The highest BCUT2D eigenvalue weighted by molar-refractivity contribution is 5.96. The molecule has 1 saturated heterocycles. The zero-order valence-corrected chi connectivity index (χ0v) is 20.7. The molecule has 36 heavy (non-hydrogen) atoms. The van der Waals surface area contributed by atoms with Gasteiger partial charge in [0, 0.05) is 24.2 Å². The first-order valence-electron chi connectivity index (χ1n) is 12.4. The summed E-state index contributed by atoms with van der Waals surface area (Å²) in [6.07, 6.45) is 3.13. The summed E-state index contributed by atoms with van der Waals surface area (Å²) in [6, 6.07) is 21.5. The van der Waals surface area contributed by atoms with Gasteiger partial charge in [-0.2, -0.15) is 0 Å². The largest absolute Gasteiger partial charge is 0.452 e. The predicted octanol–water partition coefficient (Wildman–Crippen LogP) is 5.75. The Kier molecular flexibility index (Phi) is 6.76. The third-order valence-electron chi connectivity index (χ3n) is 6.59. The van der Waals surface area contributed by atoms with Crippen LogP contribution in [-0.2, 0) is 9.53 Å². The number of benzene rings is 3. The lowest BCUT2D eigenvalue weighted by atomic mass is 10.0. The molecular weight excluding hydrogens is 450 g/mol. The van der Waals surface area contributed by atoms with Crippen LogP contribution in [-0.4, -0.2) is 46.4 Å². The number of likely N-dealkylation sites (tertiary alicyclic amines) is 1. The van der Waals surface area contributed by atoms with E-state index in [0.717, 1.165) is 60.4 Å². The molecule has 1 aliphatic rings. The maximum Gasteiger partial charge on any atom is 0.338 e. The smallest absolute Gasteiger partial charge is 0.338 e. The van der Waals surface area contributed by atoms with Gasteiger partial charge in [-0.1, -0.05) is 59.7 Å². The van der Waals surface area contributed by atoms with Gasteiger partial charge >= 0.3 is 5.97 Å². The molecule has 0 unspecified atom stereocenters. The monoisotopic (exact) mass is 479 g/mol. The van der Waals surface area contributed by atoms with Gasteiger partial charge in [0.25, 0.3) is 5.91 Å². The lowest BCUT2D eigenvalue weighted by Crippen LogP contribution is -2.38. The fourth-order valence-electron chi connectivity index (χ4n) is 4.45. The first-order chi connectivity index (χ1) is 17.5. The average Bonchev–Trinajstić information content (AvgIpc) is 2.92. The number of aryl methyl sites for hydroxylation is 2. The van der Waals surface area contributed by atoms with Crippen LogP contribution in [0.25, 0.3) is 33.5 Å². The Morgan fingerprint density at radius 2 is 1.31 bits per heavy atom. The van der Waals surface area contributed by atoms with Crippen LogP contribution in [0.5, 0.6) is 0 Å². The number of piperidine rings is 1. The summed E-state index contributed by atoms with van der Waals surface area (Å²) < 4.78 is 5.35. The molecule has 1 amide bonds. The van der Waals surface area contributed by atoms with Crippen LogP contribution >= 0.6 is 0 Å². The van der Waals surface area contributed by atoms with Gasteiger partial charge in [0.1, 0.15) is 0 Å². The van der Waals surface area contributed by atoms with E-state index in [0.29, 0.717) is 16.6 Å². The summed E-state index contributed by atoms with van der Waals surface area (Å²) in [5, 5.41) is 0. The number of fused-ring (bicyclic) bond motifs is 1. The molecule has 1 aliphatic heterocycles. The van der Waals surface area contributed by atoms with Gasteiger partial charge in [-0.25, -0.2) is 14.8 Å². The zero-order chi connectivity index (χ0) is 25.1. The maximum atomic E-state index is 12.7. The normalized spacial score (nSPS) is 13.6. The van der Waals surface area contributed by atoms with E-state index in [1.54, 1.807) is 23.1 Å². The predicted molar refractivity (Wildman–Crippen MR) is 141 cm³/mol. The Labute approximate surface area is 211 Å². The Bertz CT molecular complexity index is 1410. The molecular formula is C30H29N3O3. The molecule has 0 saturated carbocycles. The summed E-state index contributed by atoms with van der Waals surface area (Å²) in [5.41, 5.74) is 7.42. The fourth-order valence-corrected chi connectivity index (χ4v) is 4.45. The molecule has 1 fully saturated rings. The second-order valence-electron chi connectivity index (χ2n) is 9.37. The minimum atomic E-state index is -0.538. The standard InChI is InChI=1S/C30H29N3O3/c1-20-6-10-22(11-7-20)28-29(23-12-8-21(2)9-13-23)32-26-18-24(14-15-25(26)31-28)30(35)36-19-27(34)33-16-4-3-5-17-33/h6-15,18H,3-5,16-17,19H2,1-2H3. The molecule has 2 heterocycles. The summed E-state index contributed by atoms with van der Waals surface area (Å²) >= 11 is 0. The van der Waals surface area contributed by atoms with Gasteiger partial charge in [0.05, 0.1) is 28.0 Å². The van der Waals surface area contributed by atoms with Crippen molar-refractivity contribution in [2.75, 3.05) is 19.7 Å². The van der Waals surface area contributed by atoms with Crippen LogP contribution in [0.1, 0.15) is 40.7 Å². The molecule has 3 aromatic carbocycles. The topological polar surface area (TPSA) is 72.4 Å². The molecule has 0 N–H and O–H groups in total. The highest BCUT2D eigenvalue weighted by Gasteiger charge is 2.19. The van der Waals surface area contributed by atoms with Crippen LogP contribution in [0, 0.1) is 13.8 Å². The van der Waals surface area contributed by atoms with Crippen LogP contribution in [0.15, 0.2) is 66.7 Å². The van der Waals surface area contributed by atoms with Crippen molar-refractivity contribution in [2.24, 2.45) is 0 Å². The van der Waals surface area contributed by atoms with Crippen molar-refractivity contribution in [3.8, 4) is 22.5 Å². The van der Waals surface area contributed by atoms with Gasteiger partial charge in [-0.3, -0.25) is 4.79 Å². The molecule has 4 aromatic rings. The van der Waals surface area contributed by atoms with Gasteiger partial charge in [-0.05, 0) is 51.3 Å². The SMILES string of the molecule is Cc1ccc(-c2nc3ccc(C(=O)OCC(=O)N4CCCCC4)cc3nc2-c2ccc(C)cc2)cc1. The number of hydrogen-bond donors (Lipinski definition) is 0. The second kappa shape index (κ2) is 10.3. The maximum absolute atomic E-state index is 12.7. The molecule has 182 valence electrons. The van der Waals surface area contributed by atoms with Crippen molar-refractivity contribution >= 4 is 22.9 Å². The van der Waals surface area contributed by atoms with Gasteiger partial charge < -0.3 is 9.64 Å². The highest BCUT2D eigenvalue weighted by Crippen LogP contribution is 2.31. The molecule has 0 spiro atoms. The van der Waals surface area contributed by atoms with E-state index in [1.165, 1.54) is 5.56 Å². The number of carbonyl (C=O) groups excluding carboxylic acids is 2. The van der Waals surface area contributed by atoms with Crippen molar-refractivity contribution in [1.29, 1.82) is 0 Å². The first kappa shape index (κ1) is 23.7. The quantitative estimate of drug-likeness (QED) is 0.341. The Hall–Kier alpha value is -4.06. The Morgan fingerprint density at radius 1 is 0.750 bits per heavy atom. The number of hydrogen-bond acceptors (Lipinski definition) is 5. The van der Waals surface area contributed by atoms with Crippen molar-refractivity contribution in [3.05, 3.63) is 83.4 Å². The fraction of sp³-hybridized carbons (Fsp3) is 0.267. The Balaban J connectivity index is 1.46. The molecule has 5 rings (SSSR count). The first-order valence-corrected chi connectivity index (χ1v) is 12.4. The van der Waals surface area contributed by atoms with Crippen LogP contribution in [0.4, 0.5) is 0 Å². The lowest BCUT2D eigenvalue weighted by Gasteiger charge is -2.26. The number of rotatable bonds is 5. The average molecular weight is 480 g/mol. The third kappa shape index (κ3) is 5.13. The van der Waals surface area contributed by atoms with E-state index < -0.39 is 5.97 Å². The van der Waals surface area contributed by atoms with E-state index in [1.807, 2.05) is 43.3 Å². The van der Waals surface area contributed by atoms with Crippen molar-refractivity contribution in [3.63, 3.8) is 0 Å². The van der Waals surface area contributed by atoms with E-state index in [9.17, 15) is 9.59 Å². The lowest BCUT2D eigenvalue weighted by molar-refractivity contribution is -0.135. The summed E-state index contributed by atoms with van der Waals surface area (Å²) in [4.78, 5) is 36.8. The van der Waals surface area contributed by atoms with Gasteiger partial charge in [0.15, 0.2) is 6.61 Å². The number of aromatic nitrogens is 2. The number of amides is 1. The minimum Gasteiger partial charge on any atom is -0.452 e. The summed E-state index contributed by atoms with van der Waals surface area (Å²) in [7, 11) is 0. The molecule has 0 bridgehead atoms. The van der Waals surface area contributed by atoms with Crippen molar-refractivity contribution in [2.45, 2.75) is 33.1 Å². The van der Waals surface area contributed by atoms with E-state index >= 15 is 0 Å². The van der Waals surface area contributed by atoms with Gasteiger partial charge in [-0.15, -0.1) is 0 Å². The van der Waals surface area contributed by atoms with Crippen molar-refractivity contribution in [1.82, 2.24) is 14.9 Å². The number of nitrogens with zero attached hydrogens (tertiary/aromatic N) is 3. The number of carbonyl (C=O) groups is 2. The van der Waals surface area contributed by atoms with Crippen LogP contribution < -0.4 is 0 Å². The molecule has 6 heteroatoms. The molecule has 6 nitrogen and oxygen atoms in total. The number of ether oxygens (including phenoxy) is 1. The third-order valence-corrected chi connectivity index (χ3v) is 6.59. The molecule has 0 atom stereocenters. The second-order valence-corrected chi connectivity index (χ2v) is 9.37. The summed E-state index contributed by atoms with van der Waals surface area (Å²) in [6.45, 7) is 5.31. The van der Waals surface area contributed by atoms with Gasteiger partial charge in [0.2, 0.25) is 0 Å². The van der Waals surface area contributed by atoms with Crippen molar-refractivity contribution < 1.29 is 14.3 Å². The number of esters is 1. The highest BCUT2D eigenvalue weighted by atomic mass is 16.5. The summed E-state index contributed by atoms with van der Waals surface area (Å²) in [5.74, 6) is -0.684. The molecule has 0 radical (unpaired) electrons. The van der Waals surface area contributed by atoms with E-state index in [-0.39, 0.29) is 12.5 Å². The molecule has 1 aromatic heterocycles. The van der Waals surface area contributed by atoms with Crippen LogP contribution in [0.3, 0.4) is 0 Å². The minimum absolute atomic E-state index is 0.145. The Morgan fingerprint density at radius 3 is 1.89 bits per heavy atom.